The summed E-state index contributed by atoms with van der Waals surface area (Å²) in [5, 5.41) is 15.5. The predicted octanol–water partition coefficient (Wildman–Crippen LogP) is 3.47. The number of nitro groups is 1. The van der Waals surface area contributed by atoms with Crippen LogP contribution in [0.3, 0.4) is 0 Å². The van der Waals surface area contributed by atoms with Gasteiger partial charge < -0.3 is 0 Å². The van der Waals surface area contributed by atoms with Crippen molar-refractivity contribution in [1.29, 1.82) is 0 Å². The van der Waals surface area contributed by atoms with Crippen LogP contribution in [-0.4, -0.2) is 25.1 Å². The molecule has 0 N–H and O–H groups in total. The van der Waals surface area contributed by atoms with Crippen LogP contribution in [0.1, 0.15) is 36.4 Å². The molecular weight excluding hydrogens is 384 g/mol. The first kappa shape index (κ1) is 19.8. The van der Waals surface area contributed by atoms with Gasteiger partial charge in [0, 0.05) is 30.2 Å². The van der Waals surface area contributed by atoms with Crippen molar-refractivity contribution in [3.8, 4) is 11.4 Å². The van der Waals surface area contributed by atoms with E-state index < -0.39 is 4.92 Å². The van der Waals surface area contributed by atoms with Gasteiger partial charge in [-0.1, -0.05) is 42.0 Å². The first-order valence-corrected chi connectivity index (χ1v) is 9.94. The molecule has 154 valence electrons. The van der Waals surface area contributed by atoms with E-state index in [2.05, 4.69) is 5.10 Å². The molecule has 8 nitrogen and oxygen atoms in total. The van der Waals surface area contributed by atoms with E-state index in [1.165, 1.54) is 16.8 Å². The molecule has 0 bridgehead atoms. The molecule has 1 heterocycles. The van der Waals surface area contributed by atoms with Gasteiger partial charge in [0.15, 0.2) is 11.6 Å². The van der Waals surface area contributed by atoms with Crippen molar-refractivity contribution in [2.45, 2.75) is 45.2 Å². The van der Waals surface area contributed by atoms with E-state index in [0.717, 1.165) is 24.0 Å². The van der Waals surface area contributed by atoms with Crippen molar-refractivity contribution in [2.75, 3.05) is 0 Å². The van der Waals surface area contributed by atoms with Crippen molar-refractivity contribution >= 4 is 11.5 Å². The third-order valence-electron chi connectivity index (χ3n) is 5.20. The van der Waals surface area contributed by atoms with E-state index in [4.69, 9.17) is 0 Å². The minimum absolute atomic E-state index is 0.0305. The molecule has 1 aliphatic rings. The van der Waals surface area contributed by atoms with E-state index >= 15 is 0 Å². The Balaban J connectivity index is 1.56. The summed E-state index contributed by atoms with van der Waals surface area (Å²) in [4.78, 5) is 36.0. The molecule has 0 amide bonds. The number of aromatic nitrogens is 3. The lowest BCUT2D eigenvalue weighted by atomic mass is 10.1. The molecule has 4 rings (SSSR count). The number of nitrogens with zero attached hydrogens (tertiary/aromatic N) is 4. The van der Waals surface area contributed by atoms with Crippen molar-refractivity contribution < 1.29 is 9.72 Å². The van der Waals surface area contributed by atoms with Gasteiger partial charge in [0.2, 0.25) is 0 Å². The largest absolute Gasteiger partial charge is 0.346 e. The van der Waals surface area contributed by atoms with Gasteiger partial charge in [0.25, 0.3) is 5.69 Å². The average molecular weight is 406 g/mol. The number of nitro benzene ring substituents is 1. The summed E-state index contributed by atoms with van der Waals surface area (Å²) in [7, 11) is 0. The maximum absolute atomic E-state index is 12.9. The molecule has 2 aromatic carbocycles. The summed E-state index contributed by atoms with van der Waals surface area (Å²) in [5.41, 5.74) is 2.31. The minimum Gasteiger partial charge on any atom is -0.298 e. The summed E-state index contributed by atoms with van der Waals surface area (Å²) in [6.45, 7) is 1.90. The predicted molar refractivity (Wildman–Crippen MR) is 111 cm³/mol. The highest BCUT2D eigenvalue weighted by Gasteiger charge is 2.31. The average Bonchev–Trinajstić information content (AvgIpc) is 3.51. The molecular formula is C22H22N4O4. The van der Waals surface area contributed by atoms with Gasteiger partial charge >= 0.3 is 5.69 Å². The molecule has 30 heavy (non-hydrogen) atoms. The second-order valence-electron chi connectivity index (χ2n) is 7.70. The Hall–Kier alpha value is -3.55. The minimum atomic E-state index is -0.477. The van der Waals surface area contributed by atoms with Crippen LogP contribution in [0.5, 0.6) is 0 Å². The quantitative estimate of drug-likeness (QED) is 0.421. The number of ketones is 1. The van der Waals surface area contributed by atoms with Crippen LogP contribution < -0.4 is 5.69 Å². The van der Waals surface area contributed by atoms with Crippen LogP contribution in [0.4, 0.5) is 5.69 Å². The molecule has 1 fully saturated rings. The normalized spacial score (nSPS) is 13.4. The molecule has 3 aromatic rings. The maximum Gasteiger partial charge on any atom is 0.346 e. The van der Waals surface area contributed by atoms with Crippen LogP contribution in [-0.2, 0) is 17.8 Å². The highest BCUT2D eigenvalue weighted by atomic mass is 16.6. The lowest BCUT2D eigenvalue weighted by Crippen LogP contribution is -2.27. The molecule has 8 heteroatoms. The Labute approximate surface area is 172 Å². The van der Waals surface area contributed by atoms with Gasteiger partial charge in [-0.05, 0) is 31.7 Å². The number of hydrogen-bond donors (Lipinski definition) is 0. The molecule has 0 atom stereocenters. The Bertz CT molecular complexity index is 1170. The second kappa shape index (κ2) is 8.06. The number of aryl methyl sites for hydroxylation is 2. The van der Waals surface area contributed by atoms with Crippen molar-refractivity contribution in [3.63, 3.8) is 0 Å². The number of non-ortho nitro benzene ring substituents is 1. The van der Waals surface area contributed by atoms with Crippen LogP contribution in [0.15, 0.2) is 53.3 Å². The summed E-state index contributed by atoms with van der Waals surface area (Å²) in [5.74, 6) is 0.294. The third-order valence-corrected chi connectivity index (χ3v) is 5.20. The van der Waals surface area contributed by atoms with Crippen molar-refractivity contribution in [3.05, 3.63) is 80.3 Å². The van der Waals surface area contributed by atoms with Crippen LogP contribution >= 0.6 is 0 Å². The van der Waals surface area contributed by atoms with Gasteiger partial charge in [0.05, 0.1) is 4.92 Å². The van der Waals surface area contributed by atoms with E-state index in [1.54, 1.807) is 16.7 Å². The summed E-state index contributed by atoms with van der Waals surface area (Å²) in [6.07, 6.45) is 2.64. The van der Waals surface area contributed by atoms with Crippen molar-refractivity contribution in [1.82, 2.24) is 14.3 Å². The maximum atomic E-state index is 12.9. The van der Waals surface area contributed by atoms with Crippen LogP contribution in [0.2, 0.25) is 0 Å². The first-order chi connectivity index (χ1) is 14.4. The lowest BCUT2D eigenvalue weighted by Gasteiger charge is -2.03. The zero-order valence-corrected chi connectivity index (χ0v) is 16.7. The Kier molecular flexibility index (Phi) is 5.31. The fraction of sp³-hybridized carbons (Fsp3) is 0.318. The van der Waals surface area contributed by atoms with Gasteiger partial charge in [0.1, 0.15) is 6.54 Å². The zero-order valence-electron chi connectivity index (χ0n) is 16.7. The zero-order chi connectivity index (χ0) is 21.3. The fourth-order valence-corrected chi connectivity index (χ4v) is 3.54. The van der Waals surface area contributed by atoms with Crippen LogP contribution in [0.25, 0.3) is 11.4 Å². The number of rotatable bonds is 8. The Morgan fingerprint density at radius 1 is 1.20 bits per heavy atom. The van der Waals surface area contributed by atoms with Crippen LogP contribution in [0, 0.1) is 17.0 Å². The van der Waals surface area contributed by atoms with E-state index in [9.17, 15) is 19.7 Å². The second-order valence-corrected chi connectivity index (χ2v) is 7.70. The number of carbonyl (C=O) groups is 1. The molecule has 0 unspecified atom stereocenters. The number of benzene rings is 2. The molecule has 1 aliphatic carbocycles. The summed E-state index contributed by atoms with van der Waals surface area (Å²) < 4.78 is 2.75. The van der Waals surface area contributed by atoms with E-state index in [0.29, 0.717) is 24.2 Å². The molecule has 1 saturated carbocycles. The molecule has 0 saturated heterocycles. The highest BCUT2D eigenvalue weighted by Crippen LogP contribution is 2.36. The first-order valence-electron chi connectivity index (χ1n) is 9.94. The number of hydrogen-bond acceptors (Lipinski definition) is 5. The Morgan fingerprint density at radius 3 is 2.67 bits per heavy atom. The van der Waals surface area contributed by atoms with Crippen molar-refractivity contribution in [2.24, 2.45) is 0 Å². The molecule has 1 aromatic heterocycles. The van der Waals surface area contributed by atoms with E-state index in [1.807, 2.05) is 31.2 Å². The van der Waals surface area contributed by atoms with Gasteiger partial charge in [-0.2, -0.15) is 0 Å². The smallest absolute Gasteiger partial charge is 0.298 e. The highest BCUT2D eigenvalue weighted by molar-refractivity contribution is 5.78. The lowest BCUT2D eigenvalue weighted by molar-refractivity contribution is -0.384. The number of carbonyl (C=O) groups excluding carboxylic acids is 1. The Morgan fingerprint density at radius 2 is 1.97 bits per heavy atom. The monoisotopic (exact) mass is 406 g/mol. The third kappa shape index (κ3) is 4.22. The molecule has 0 spiro atoms. The summed E-state index contributed by atoms with van der Waals surface area (Å²) in [6, 6.07) is 14.1. The molecule has 0 aliphatic heterocycles. The van der Waals surface area contributed by atoms with E-state index in [-0.39, 0.29) is 29.7 Å². The number of Topliss-reactive ketones (excluding diaryl/α,β-unsaturated/α-hetero) is 1. The topological polar surface area (TPSA) is 100 Å². The van der Waals surface area contributed by atoms with Gasteiger partial charge in [-0.3, -0.25) is 19.5 Å². The van der Waals surface area contributed by atoms with Gasteiger partial charge in [-0.25, -0.2) is 9.48 Å². The van der Waals surface area contributed by atoms with Gasteiger partial charge in [-0.15, -0.1) is 5.10 Å². The fourth-order valence-electron chi connectivity index (χ4n) is 3.54. The standard InChI is InChI=1S/C22H22N4O4/c1-15-4-2-5-16(12-15)8-11-20(27)14-24-22(28)25(18-9-10-18)21(23-24)17-6-3-7-19(13-17)26(29)30/h2-7,12-13,18H,8-11,14H2,1H3. The SMILES string of the molecule is Cc1cccc(CCC(=O)Cn2nc(-c3cccc([N+](=O)[O-])c3)n(C3CC3)c2=O)c1. The molecule has 0 radical (unpaired) electrons. The summed E-state index contributed by atoms with van der Waals surface area (Å²) >= 11 is 0.